The minimum absolute atomic E-state index is 0.112. The summed E-state index contributed by atoms with van der Waals surface area (Å²) < 4.78 is 4.85. The van der Waals surface area contributed by atoms with Gasteiger partial charge in [-0.3, -0.25) is 4.79 Å². The lowest BCUT2D eigenvalue weighted by Gasteiger charge is -2.05. The Kier molecular flexibility index (Phi) is 5.45. The summed E-state index contributed by atoms with van der Waals surface area (Å²) in [6.07, 6.45) is 1.13. The molecule has 0 fully saturated rings. The summed E-state index contributed by atoms with van der Waals surface area (Å²) in [6, 6.07) is 4.49. The van der Waals surface area contributed by atoms with Crippen LogP contribution in [0.25, 0.3) is 0 Å². The highest BCUT2D eigenvalue weighted by molar-refractivity contribution is 6.35. The normalized spacial score (nSPS) is 10.1. The molecule has 0 spiro atoms. The second-order valence-electron chi connectivity index (χ2n) is 3.49. The smallest absolute Gasteiger partial charge is 0.340 e. The Labute approximate surface area is 110 Å². The van der Waals surface area contributed by atoms with E-state index < -0.39 is 5.97 Å². The Bertz CT molecular complexity index is 430. The summed E-state index contributed by atoms with van der Waals surface area (Å²) in [5.74, 6) is -0.749. The lowest BCUT2D eigenvalue weighted by Crippen LogP contribution is -2.14. The van der Waals surface area contributed by atoms with Gasteiger partial charge in [-0.1, -0.05) is 30.1 Å². The van der Waals surface area contributed by atoms with Crippen LogP contribution in [0.4, 0.5) is 0 Å². The minimum Gasteiger partial charge on any atom is -0.454 e. The van der Waals surface area contributed by atoms with Crippen LogP contribution >= 0.6 is 23.2 Å². The van der Waals surface area contributed by atoms with Gasteiger partial charge in [0.05, 0.1) is 10.6 Å². The molecule has 0 heterocycles. The van der Waals surface area contributed by atoms with Crippen LogP contribution in [-0.2, 0) is 9.53 Å². The molecule has 0 aliphatic rings. The second-order valence-corrected chi connectivity index (χ2v) is 4.33. The molecule has 0 aliphatic heterocycles. The molecule has 1 aromatic rings. The third-order valence-corrected chi connectivity index (χ3v) is 2.61. The number of ketones is 1. The van der Waals surface area contributed by atoms with Crippen LogP contribution in [-0.4, -0.2) is 18.4 Å². The lowest BCUT2D eigenvalue weighted by molar-refractivity contribution is -0.122. The molecule has 0 aromatic heterocycles. The number of esters is 1. The molecule has 17 heavy (non-hydrogen) atoms. The van der Waals surface area contributed by atoms with Gasteiger partial charge in [0.25, 0.3) is 0 Å². The number of benzene rings is 1. The van der Waals surface area contributed by atoms with Crippen molar-refractivity contribution in [3.63, 3.8) is 0 Å². The van der Waals surface area contributed by atoms with Crippen molar-refractivity contribution < 1.29 is 14.3 Å². The van der Waals surface area contributed by atoms with E-state index in [2.05, 4.69) is 0 Å². The zero-order valence-corrected chi connectivity index (χ0v) is 10.8. The monoisotopic (exact) mass is 274 g/mol. The van der Waals surface area contributed by atoms with Gasteiger partial charge < -0.3 is 4.74 Å². The van der Waals surface area contributed by atoms with Crippen LogP contribution in [0.3, 0.4) is 0 Å². The topological polar surface area (TPSA) is 43.4 Å². The van der Waals surface area contributed by atoms with E-state index in [1.807, 2.05) is 6.92 Å². The van der Waals surface area contributed by atoms with Crippen LogP contribution in [0, 0.1) is 0 Å². The van der Waals surface area contributed by atoms with E-state index >= 15 is 0 Å². The number of hydrogen-bond acceptors (Lipinski definition) is 3. The Morgan fingerprint density at radius 3 is 2.65 bits per heavy atom. The third-order valence-electron chi connectivity index (χ3n) is 2.04. The first-order valence-corrected chi connectivity index (χ1v) is 5.94. The number of Topliss-reactive ketones (excluding diaryl/α,β-unsaturated/α-hetero) is 1. The summed E-state index contributed by atoms with van der Waals surface area (Å²) in [5.41, 5.74) is 0.170. The van der Waals surface area contributed by atoms with E-state index in [4.69, 9.17) is 27.9 Å². The van der Waals surface area contributed by atoms with Gasteiger partial charge >= 0.3 is 5.97 Å². The fourth-order valence-corrected chi connectivity index (χ4v) is 1.60. The Morgan fingerprint density at radius 1 is 1.29 bits per heavy atom. The summed E-state index contributed by atoms with van der Waals surface area (Å²) >= 11 is 11.6. The maximum atomic E-state index is 11.6. The highest BCUT2D eigenvalue weighted by atomic mass is 35.5. The molecule has 92 valence electrons. The van der Waals surface area contributed by atoms with E-state index in [9.17, 15) is 9.59 Å². The van der Waals surface area contributed by atoms with Gasteiger partial charge in [0.2, 0.25) is 0 Å². The number of hydrogen-bond donors (Lipinski definition) is 0. The number of carbonyl (C=O) groups excluding carboxylic acids is 2. The summed E-state index contributed by atoms with van der Waals surface area (Å²) in [6.45, 7) is 1.66. The highest BCUT2D eigenvalue weighted by Crippen LogP contribution is 2.21. The van der Waals surface area contributed by atoms with Crippen LogP contribution in [0.2, 0.25) is 10.0 Å². The van der Waals surface area contributed by atoms with Crippen molar-refractivity contribution in [3.8, 4) is 0 Å². The molecule has 0 amide bonds. The van der Waals surface area contributed by atoms with E-state index in [-0.39, 0.29) is 23.0 Å². The average molecular weight is 275 g/mol. The Balaban J connectivity index is 2.64. The van der Waals surface area contributed by atoms with Gasteiger partial charge in [0, 0.05) is 11.4 Å². The Morgan fingerprint density at radius 2 is 2.00 bits per heavy atom. The molecule has 1 aromatic carbocycles. The van der Waals surface area contributed by atoms with Gasteiger partial charge in [-0.2, -0.15) is 0 Å². The van der Waals surface area contributed by atoms with Crippen molar-refractivity contribution >= 4 is 35.0 Å². The summed E-state index contributed by atoms with van der Waals surface area (Å²) in [7, 11) is 0. The van der Waals surface area contributed by atoms with E-state index in [1.54, 1.807) is 6.07 Å². The first kappa shape index (κ1) is 14.0. The van der Waals surface area contributed by atoms with Crippen LogP contribution in [0.1, 0.15) is 30.1 Å². The standard InChI is InChI=1S/C12H12Cl2O3/c1-2-3-9(15)7-17-12(16)10-6-8(13)4-5-11(10)14/h4-6H,2-3,7H2,1H3. The quantitative estimate of drug-likeness (QED) is 0.772. The van der Waals surface area contributed by atoms with E-state index in [0.29, 0.717) is 11.4 Å². The number of ether oxygens (including phenoxy) is 1. The highest BCUT2D eigenvalue weighted by Gasteiger charge is 2.13. The molecule has 0 saturated heterocycles. The van der Waals surface area contributed by atoms with Crippen LogP contribution < -0.4 is 0 Å². The maximum absolute atomic E-state index is 11.6. The zero-order valence-electron chi connectivity index (χ0n) is 9.33. The largest absolute Gasteiger partial charge is 0.454 e. The predicted octanol–water partition coefficient (Wildman–Crippen LogP) is 3.52. The number of halogens is 2. The van der Waals surface area contributed by atoms with E-state index in [0.717, 1.165) is 6.42 Å². The fourth-order valence-electron chi connectivity index (χ4n) is 1.23. The molecule has 0 N–H and O–H groups in total. The SMILES string of the molecule is CCCC(=O)COC(=O)c1cc(Cl)ccc1Cl. The van der Waals surface area contributed by atoms with E-state index in [1.165, 1.54) is 12.1 Å². The summed E-state index contributed by atoms with van der Waals surface area (Å²) in [5, 5.41) is 0.642. The van der Waals surface area contributed by atoms with Crippen molar-refractivity contribution in [1.29, 1.82) is 0 Å². The second kappa shape index (κ2) is 6.62. The summed E-state index contributed by atoms with van der Waals surface area (Å²) in [4.78, 5) is 22.8. The minimum atomic E-state index is -0.637. The molecule has 3 nitrogen and oxygen atoms in total. The Hall–Kier alpha value is -1.06. The van der Waals surface area contributed by atoms with Gasteiger partial charge in [0.15, 0.2) is 5.78 Å². The first-order valence-electron chi connectivity index (χ1n) is 5.18. The van der Waals surface area contributed by atoms with Gasteiger partial charge in [-0.05, 0) is 24.6 Å². The fraction of sp³-hybridized carbons (Fsp3) is 0.333. The molecule has 0 saturated carbocycles. The predicted molar refractivity (Wildman–Crippen MR) is 66.7 cm³/mol. The van der Waals surface area contributed by atoms with Gasteiger partial charge in [0.1, 0.15) is 6.61 Å². The molecule has 0 bridgehead atoms. The van der Waals surface area contributed by atoms with Crippen molar-refractivity contribution in [2.24, 2.45) is 0 Å². The van der Waals surface area contributed by atoms with Crippen LogP contribution in [0.15, 0.2) is 18.2 Å². The molecular formula is C12H12Cl2O3. The third kappa shape index (κ3) is 4.36. The zero-order chi connectivity index (χ0) is 12.8. The first-order chi connectivity index (χ1) is 8.04. The molecule has 1 rings (SSSR count). The van der Waals surface area contributed by atoms with Crippen LogP contribution in [0.5, 0.6) is 0 Å². The molecule has 0 unspecified atom stereocenters. The van der Waals surface area contributed by atoms with Gasteiger partial charge in [-0.25, -0.2) is 4.79 Å². The van der Waals surface area contributed by atoms with Crippen molar-refractivity contribution in [2.75, 3.05) is 6.61 Å². The van der Waals surface area contributed by atoms with Crippen molar-refractivity contribution in [1.82, 2.24) is 0 Å². The molecule has 0 aliphatic carbocycles. The molecular weight excluding hydrogens is 263 g/mol. The molecule has 5 heteroatoms. The number of carbonyl (C=O) groups is 2. The lowest BCUT2D eigenvalue weighted by atomic mass is 10.2. The van der Waals surface area contributed by atoms with Crippen molar-refractivity contribution in [2.45, 2.75) is 19.8 Å². The van der Waals surface area contributed by atoms with Crippen molar-refractivity contribution in [3.05, 3.63) is 33.8 Å². The maximum Gasteiger partial charge on any atom is 0.340 e. The molecule has 0 atom stereocenters. The van der Waals surface area contributed by atoms with Gasteiger partial charge in [-0.15, -0.1) is 0 Å². The average Bonchev–Trinajstić information content (AvgIpc) is 2.29. The molecule has 0 radical (unpaired) electrons. The number of rotatable bonds is 5.